The van der Waals surface area contributed by atoms with Crippen LogP contribution < -0.4 is 11.1 Å². The number of carbonyl (C=O) groups excluding carboxylic acids is 2. The van der Waals surface area contributed by atoms with E-state index < -0.39 is 0 Å². The third-order valence-corrected chi connectivity index (χ3v) is 5.57. The number of para-hydroxylation sites is 1. The van der Waals surface area contributed by atoms with Crippen LogP contribution in [0.5, 0.6) is 0 Å². The number of amides is 2. The quantitative estimate of drug-likeness (QED) is 0.746. The SMILES string of the molecule is Cl.NC1CCC2CN(C(=O)CCNC(=O)c3n[nH]c4ccccc34)CC12. The van der Waals surface area contributed by atoms with E-state index in [4.69, 9.17) is 5.73 Å². The molecular formula is C18H24ClN5O2. The maximum absolute atomic E-state index is 12.4. The van der Waals surface area contributed by atoms with Crippen molar-refractivity contribution in [1.29, 1.82) is 0 Å². The number of halogens is 1. The molecule has 1 aliphatic heterocycles. The third-order valence-electron chi connectivity index (χ3n) is 5.57. The molecule has 8 heteroatoms. The largest absolute Gasteiger partial charge is 0.350 e. The van der Waals surface area contributed by atoms with Crippen LogP contribution in [0.15, 0.2) is 24.3 Å². The number of aromatic amines is 1. The van der Waals surface area contributed by atoms with Crippen LogP contribution in [0, 0.1) is 11.8 Å². The highest BCUT2D eigenvalue weighted by atomic mass is 35.5. The van der Waals surface area contributed by atoms with Crippen molar-refractivity contribution in [2.45, 2.75) is 25.3 Å². The molecule has 1 aliphatic carbocycles. The Morgan fingerprint density at radius 1 is 1.27 bits per heavy atom. The number of benzene rings is 1. The maximum atomic E-state index is 12.4. The highest BCUT2D eigenvalue weighted by Gasteiger charge is 2.42. The van der Waals surface area contributed by atoms with Crippen LogP contribution in [0.3, 0.4) is 0 Å². The molecule has 4 N–H and O–H groups in total. The topological polar surface area (TPSA) is 104 Å². The first-order valence-electron chi connectivity index (χ1n) is 8.88. The van der Waals surface area contributed by atoms with Crippen molar-refractivity contribution in [1.82, 2.24) is 20.4 Å². The zero-order chi connectivity index (χ0) is 17.4. The normalized spacial score (nSPS) is 24.3. The molecule has 7 nitrogen and oxygen atoms in total. The number of fused-ring (bicyclic) bond motifs is 2. The van der Waals surface area contributed by atoms with Gasteiger partial charge in [0.25, 0.3) is 5.91 Å². The van der Waals surface area contributed by atoms with Crippen LogP contribution >= 0.6 is 12.4 Å². The van der Waals surface area contributed by atoms with Crippen molar-refractivity contribution in [3.05, 3.63) is 30.0 Å². The van der Waals surface area contributed by atoms with Crippen LogP contribution in [-0.4, -0.2) is 52.6 Å². The number of hydrogen-bond donors (Lipinski definition) is 3. The smallest absolute Gasteiger partial charge is 0.272 e. The van der Waals surface area contributed by atoms with E-state index in [9.17, 15) is 9.59 Å². The first-order chi connectivity index (χ1) is 12.1. The third kappa shape index (κ3) is 3.41. The summed E-state index contributed by atoms with van der Waals surface area (Å²) in [6.07, 6.45) is 2.51. The highest BCUT2D eigenvalue weighted by Crippen LogP contribution is 2.37. The Balaban J connectivity index is 0.00000196. The number of nitrogens with two attached hydrogens (primary N) is 1. The lowest BCUT2D eigenvalue weighted by Gasteiger charge is -2.18. The van der Waals surface area contributed by atoms with Crippen LogP contribution in [0.1, 0.15) is 29.8 Å². The molecule has 2 aliphatic rings. The molecule has 0 spiro atoms. The minimum atomic E-state index is -0.259. The fourth-order valence-corrected chi connectivity index (χ4v) is 4.17. The molecule has 26 heavy (non-hydrogen) atoms. The zero-order valence-electron chi connectivity index (χ0n) is 14.5. The number of hydrogen-bond acceptors (Lipinski definition) is 4. The van der Waals surface area contributed by atoms with Crippen LogP contribution in [0.25, 0.3) is 10.9 Å². The lowest BCUT2D eigenvalue weighted by Crippen LogP contribution is -2.35. The number of nitrogens with zero attached hydrogens (tertiary/aromatic N) is 2. The van der Waals surface area contributed by atoms with Gasteiger partial charge in [0.2, 0.25) is 5.91 Å². The molecule has 1 saturated carbocycles. The van der Waals surface area contributed by atoms with E-state index in [2.05, 4.69) is 15.5 Å². The highest BCUT2D eigenvalue weighted by molar-refractivity contribution is 6.04. The van der Waals surface area contributed by atoms with Crippen molar-refractivity contribution in [3.63, 3.8) is 0 Å². The Morgan fingerprint density at radius 3 is 2.88 bits per heavy atom. The van der Waals surface area contributed by atoms with Crippen LogP contribution in [-0.2, 0) is 4.79 Å². The second-order valence-electron chi connectivity index (χ2n) is 7.09. The van der Waals surface area contributed by atoms with Gasteiger partial charge in [0.15, 0.2) is 5.69 Å². The van der Waals surface area contributed by atoms with Gasteiger partial charge < -0.3 is 16.0 Å². The van der Waals surface area contributed by atoms with E-state index in [1.807, 2.05) is 29.2 Å². The van der Waals surface area contributed by atoms with Gasteiger partial charge in [0.1, 0.15) is 0 Å². The summed E-state index contributed by atoms with van der Waals surface area (Å²) in [6.45, 7) is 1.90. The molecule has 2 amide bonds. The molecule has 3 unspecified atom stereocenters. The van der Waals surface area contributed by atoms with Crippen molar-refractivity contribution >= 4 is 35.1 Å². The lowest BCUT2D eigenvalue weighted by molar-refractivity contribution is -0.130. The van der Waals surface area contributed by atoms with Gasteiger partial charge in [-0.25, -0.2) is 0 Å². The fourth-order valence-electron chi connectivity index (χ4n) is 4.17. The summed E-state index contributed by atoms with van der Waals surface area (Å²) < 4.78 is 0. The predicted molar refractivity (Wildman–Crippen MR) is 101 cm³/mol. The number of rotatable bonds is 4. The van der Waals surface area contributed by atoms with Crippen molar-refractivity contribution in [2.75, 3.05) is 19.6 Å². The van der Waals surface area contributed by atoms with Gasteiger partial charge >= 0.3 is 0 Å². The molecule has 0 radical (unpaired) electrons. The zero-order valence-corrected chi connectivity index (χ0v) is 15.3. The Hall–Kier alpha value is -2.12. The molecule has 2 heterocycles. The van der Waals surface area contributed by atoms with Gasteiger partial charge in [-0.2, -0.15) is 5.10 Å². The van der Waals surface area contributed by atoms with E-state index in [1.54, 1.807) is 0 Å². The average Bonchev–Trinajstić information content (AvgIpc) is 3.30. The summed E-state index contributed by atoms with van der Waals surface area (Å²) in [7, 11) is 0. The summed E-state index contributed by atoms with van der Waals surface area (Å²) in [5, 5.41) is 10.5. The molecule has 4 rings (SSSR count). The Bertz CT molecular complexity index is 808. The number of H-pyrrole nitrogens is 1. The molecule has 1 saturated heterocycles. The summed E-state index contributed by atoms with van der Waals surface area (Å²) in [5.41, 5.74) is 7.31. The Labute approximate surface area is 158 Å². The van der Waals surface area contributed by atoms with Crippen molar-refractivity contribution in [2.24, 2.45) is 17.6 Å². The minimum absolute atomic E-state index is 0. The van der Waals surface area contributed by atoms with Gasteiger partial charge in [0.05, 0.1) is 5.52 Å². The minimum Gasteiger partial charge on any atom is -0.350 e. The predicted octanol–water partition coefficient (Wildman–Crippen LogP) is 1.30. The average molecular weight is 378 g/mol. The van der Waals surface area contributed by atoms with Crippen LogP contribution in [0.2, 0.25) is 0 Å². The molecule has 1 aromatic carbocycles. The Morgan fingerprint density at radius 2 is 2.08 bits per heavy atom. The number of nitrogens with one attached hydrogen (secondary N) is 2. The molecule has 2 aromatic rings. The summed E-state index contributed by atoms with van der Waals surface area (Å²) in [6, 6.07) is 7.71. The first kappa shape index (κ1) is 18.7. The van der Waals surface area contributed by atoms with Gasteiger partial charge in [-0.1, -0.05) is 18.2 Å². The number of likely N-dealkylation sites (tertiary alicyclic amines) is 1. The van der Waals surface area contributed by atoms with Gasteiger partial charge in [0, 0.05) is 37.5 Å². The summed E-state index contributed by atoms with van der Waals surface area (Å²) in [5.74, 6) is 0.845. The first-order valence-corrected chi connectivity index (χ1v) is 8.88. The van der Waals surface area contributed by atoms with E-state index >= 15 is 0 Å². The van der Waals surface area contributed by atoms with Gasteiger partial charge in [-0.3, -0.25) is 14.7 Å². The summed E-state index contributed by atoms with van der Waals surface area (Å²) >= 11 is 0. The van der Waals surface area contributed by atoms with E-state index in [0.717, 1.165) is 36.8 Å². The summed E-state index contributed by atoms with van der Waals surface area (Å²) in [4.78, 5) is 26.6. The fraction of sp³-hybridized carbons (Fsp3) is 0.500. The van der Waals surface area contributed by atoms with E-state index in [-0.39, 0.29) is 30.3 Å². The molecule has 0 bridgehead atoms. The molecule has 1 aromatic heterocycles. The molecular weight excluding hydrogens is 354 g/mol. The maximum Gasteiger partial charge on any atom is 0.272 e. The molecule has 3 atom stereocenters. The second kappa shape index (κ2) is 7.63. The van der Waals surface area contributed by atoms with Gasteiger partial charge in [-0.15, -0.1) is 12.4 Å². The molecule has 2 fully saturated rings. The number of aromatic nitrogens is 2. The van der Waals surface area contributed by atoms with E-state index in [1.165, 1.54) is 0 Å². The Kier molecular flexibility index (Phi) is 5.48. The van der Waals surface area contributed by atoms with Crippen molar-refractivity contribution in [3.8, 4) is 0 Å². The lowest BCUT2D eigenvalue weighted by atomic mass is 9.98. The van der Waals surface area contributed by atoms with E-state index in [0.29, 0.717) is 30.5 Å². The molecule has 140 valence electrons. The van der Waals surface area contributed by atoms with Gasteiger partial charge in [-0.05, 0) is 30.7 Å². The second-order valence-corrected chi connectivity index (χ2v) is 7.09. The van der Waals surface area contributed by atoms with Crippen LogP contribution in [0.4, 0.5) is 0 Å². The van der Waals surface area contributed by atoms with Crippen molar-refractivity contribution < 1.29 is 9.59 Å². The standard InChI is InChI=1S/C18H23N5O2.ClH/c19-14-6-5-11-9-23(10-13(11)14)16(24)7-8-20-18(25)17-12-3-1-2-4-15(12)21-22-17;/h1-4,11,13-14H,5-10,19H2,(H,20,25)(H,21,22);1H. The monoisotopic (exact) mass is 377 g/mol. The number of carbonyl (C=O) groups is 2.